The van der Waals surface area contributed by atoms with Gasteiger partial charge < -0.3 is 21.1 Å². The Hall–Kier alpha value is -3.24. The molecule has 0 saturated heterocycles. The summed E-state index contributed by atoms with van der Waals surface area (Å²) in [6.45, 7) is 11.9. The number of sulfone groups is 1. The minimum atomic E-state index is -3.52. The number of unbranched alkanes of at least 4 members (excludes halogenated alkanes) is 1. The van der Waals surface area contributed by atoms with Crippen LogP contribution in [0.1, 0.15) is 38.7 Å². The summed E-state index contributed by atoms with van der Waals surface area (Å²) in [5.41, 5.74) is 6.40. The molecule has 0 saturated carbocycles. The van der Waals surface area contributed by atoms with Gasteiger partial charge in [-0.2, -0.15) is 0 Å². The molecule has 0 fully saturated rings. The number of aliphatic hydroxyl groups excluding tert-OH is 1. The SMILES string of the molecule is C=C(CCCCO)C(=O)O.C=C(CS(=O)(=O)c1ccc(C)cc1)C(N)=O.CC=C(C)C(=O)O. The number of rotatable bonds is 10. The number of carbonyl (C=O) groups excluding carboxylic acids is 1. The number of aliphatic hydroxyl groups is 1. The molecular formula is C23H33NO8S. The van der Waals surface area contributed by atoms with Crippen molar-refractivity contribution in [3.8, 4) is 0 Å². The summed E-state index contributed by atoms with van der Waals surface area (Å²) in [7, 11) is -3.52. The molecule has 0 radical (unpaired) electrons. The first-order chi connectivity index (χ1) is 15.2. The van der Waals surface area contributed by atoms with Crippen LogP contribution in [0, 0.1) is 6.92 Å². The number of aliphatic carboxylic acids is 2. The standard InChI is InChI=1S/C11H13NO3S.C7H12O3.C5H8O2/c1-8-3-5-10(6-4-8)16(14,15)7-9(2)11(12)13;1-6(7(9)10)4-2-3-5-8;1-3-4(2)5(6)7/h3-6H,2,7H2,1H3,(H2,12,13);8H,1-5H2,(H,9,10);3H,1-2H3,(H,6,7). The monoisotopic (exact) mass is 483 g/mol. The van der Waals surface area contributed by atoms with E-state index in [9.17, 15) is 22.8 Å². The second kappa shape index (κ2) is 16.4. The van der Waals surface area contributed by atoms with Crippen LogP contribution in [0.2, 0.25) is 0 Å². The van der Waals surface area contributed by atoms with Crippen LogP contribution in [0.4, 0.5) is 0 Å². The lowest BCUT2D eigenvalue weighted by Gasteiger charge is -2.04. The molecule has 0 atom stereocenters. The van der Waals surface area contributed by atoms with Gasteiger partial charge >= 0.3 is 11.9 Å². The van der Waals surface area contributed by atoms with Crippen molar-refractivity contribution in [2.24, 2.45) is 5.73 Å². The number of hydrogen-bond donors (Lipinski definition) is 4. The van der Waals surface area contributed by atoms with Crippen molar-refractivity contribution >= 4 is 27.7 Å². The summed E-state index contributed by atoms with van der Waals surface area (Å²) in [5, 5.41) is 24.8. The molecule has 0 aliphatic carbocycles. The minimum Gasteiger partial charge on any atom is -0.478 e. The second-order valence-corrected chi connectivity index (χ2v) is 8.90. The van der Waals surface area contributed by atoms with Crippen LogP contribution in [0.25, 0.3) is 0 Å². The zero-order valence-corrected chi connectivity index (χ0v) is 20.0. The molecule has 0 aliphatic rings. The zero-order chi connectivity index (χ0) is 26.2. The fourth-order valence-electron chi connectivity index (χ4n) is 1.81. The first-order valence-electron chi connectivity index (χ1n) is 9.84. The smallest absolute Gasteiger partial charge is 0.330 e. The maximum atomic E-state index is 11.8. The Morgan fingerprint density at radius 3 is 1.85 bits per heavy atom. The Balaban J connectivity index is 0. The van der Waals surface area contributed by atoms with Crippen molar-refractivity contribution in [3.05, 3.63) is 65.8 Å². The highest BCUT2D eigenvalue weighted by Gasteiger charge is 2.17. The average Bonchev–Trinajstić information content (AvgIpc) is 2.73. The summed E-state index contributed by atoms with van der Waals surface area (Å²) in [4.78, 5) is 30.9. The number of aryl methyl sites for hydroxylation is 1. The third kappa shape index (κ3) is 15.2. The average molecular weight is 484 g/mol. The molecule has 33 heavy (non-hydrogen) atoms. The Kier molecular flexibility index (Phi) is 15.9. The van der Waals surface area contributed by atoms with E-state index >= 15 is 0 Å². The molecule has 0 heterocycles. The van der Waals surface area contributed by atoms with Gasteiger partial charge in [0.1, 0.15) is 0 Å². The molecule has 0 bridgehead atoms. The van der Waals surface area contributed by atoms with Crippen LogP contribution in [0.5, 0.6) is 0 Å². The Labute approximate surface area is 194 Å². The van der Waals surface area contributed by atoms with Gasteiger partial charge in [-0.05, 0) is 52.2 Å². The molecule has 0 spiro atoms. The maximum Gasteiger partial charge on any atom is 0.330 e. The van der Waals surface area contributed by atoms with E-state index in [1.165, 1.54) is 12.1 Å². The second-order valence-electron chi connectivity index (χ2n) is 6.91. The number of primary amides is 1. The lowest BCUT2D eigenvalue weighted by atomic mass is 10.1. The van der Waals surface area contributed by atoms with E-state index in [0.717, 1.165) is 5.56 Å². The topological polar surface area (TPSA) is 172 Å². The highest BCUT2D eigenvalue weighted by Crippen LogP contribution is 2.14. The van der Waals surface area contributed by atoms with Crippen molar-refractivity contribution in [1.29, 1.82) is 0 Å². The Bertz CT molecular complexity index is 961. The number of hydrogen-bond acceptors (Lipinski definition) is 6. The molecule has 10 heteroatoms. The van der Waals surface area contributed by atoms with Crippen LogP contribution in [-0.4, -0.2) is 53.9 Å². The van der Waals surface area contributed by atoms with Crippen LogP contribution < -0.4 is 5.73 Å². The van der Waals surface area contributed by atoms with Gasteiger partial charge in [0.25, 0.3) is 0 Å². The van der Waals surface area contributed by atoms with Gasteiger partial charge in [0.2, 0.25) is 5.91 Å². The van der Waals surface area contributed by atoms with E-state index in [4.69, 9.17) is 21.1 Å². The highest BCUT2D eigenvalue weighted by atomic mass is 32.2. The molecule has 9 nitrogen and oxygen atoms in total. The number of carboxylic acid groups (broad SMARTS) is 2. The van der Waals surface area contributed by atoms with Crippen molar-refractivity contribution in [2.75, 3.05) is 12.4 Å². The van der Waals surface area contributed by atoms with E-state index in [0.29, 0.717) is 24.8 Å². The summed E-state index contributed by atoms with van der Waals surface area (Å²) in [6, 6.07) is 6.39. The highest BCUT2D eigenvalue weighted by molar-refractivity contribution is 7.91. The molecule has 5 N–H and O–H groups in total. The van der Waals surface area contributed by atoms with Crippen LogP contribution in [0.3, 0.4) is 0 Å². The van der Waals surface area contributed by atoms with Crippen LogP contribution in [0.15, 0.2) is 65.1 Å². The van der Waals surface area contributed by atoms with Crippen LogP contribution in [-0.2, 0) is 24.2 Å². The van der Waals surface area contributed by atoms with E-state index in [1.54, 1.807) is 32.1 Å². The molecule has 0 aromatic heterocycles. The van der Waals surface area contributed by atoms with Crippen molar-refractivity contribution in [1.82, 2.24) is 0 Å². The van der Waals surface area contributed by atoms with E-state index in [2.05, 4.69) is 13.2 Å². The largest absolute Gasteiger partial charge is 0.478 e. The first-order valence-corrected chi connectivity index (χ1v) is 11.5. The summed E-state index contributed by atoms with van der Waals surface area (Å²) in [5.74, 6) is -3.03. The summed E-state index contributed by atoms with van der Waals surface area (Å²) < 4.78 is 23.6. The Morgan fingerprint density at radius 1 is 1.00 bits per heavy atom. The molecule has 1 amide bonds. The first kappa shape index (κ1) is 31.9. The van der Waals surface area contributed by atoms with Crippen molar-refractivity contribution in [3.63, 3.8) is 0 Å². The molecule has 1 rings (SSSR count). The van der Waals surface area contributed by atoms with Crippen LogP contribution >= 0.6 is 0 Å². The van der Waals surface area contributed by atoms with Crippen molar-refractivity contribution in [2.45, 2.75) is 44.9 Å². The number of carboxylic acids is 2. The number of carbonyl (C=O) groups is 3. The third-order valence-electron chi connectivity index (χ3n) is 4.05. The van der Waals surface area contributed by atoms with Crippen molar-refractivity contribution < 1.29 is 38.1 Å². The van der Waals surface area contributed by atoms with E-state index < -0.39 is 33.4 Å². The number of nitrogens with two attached hydrogens (primary N) is 1. The van der Waals surface area contributed by atoms with Gasteiger partial charge in [-0.25, -0.2) is 18.0 Å². The predicted octanol–water partition coefficient (Wildman–Crippen LogP) is 2.64. The number of allylic oxidation sites excluding steroid dienone is 1. The quantitative estimate of drug-likeness (QED) is 0.290. The van der Waals surface area contributed by atoms with Gasteiger partial charge in [0, 0.05) is 23.3 Å². The summed E-state index contributed by atoms with van der Waals surface area (Å²) >= 11 is 0. The molecule has 0 aliphatic heterocycles. The van der Waals surface area contributed by atoms with Gasteiger partial charge in [0.05, 0.1) is 10.6 Å². The normalized spacial score (nSPS) is 10.6. The van der Waals surface area contributed by atoms with E-state index in [1.807, 2.05) is 6.92 Å². The molecule has 184 valence electrons. The third-order valence-corrected chi connectivity index (χ3v) is 5.77. The number of amides is 1. The molecule has 1 aromatic rings. The molecule has 0 unspecified atom stereocenters. The summed E-state index contributed by atoms with van der Waals surface area (Å²) in [6.07, 6.45) is 3.37. The minimum absolute atomic E-state index is 0.111. The van der Waals surface area contributed by atoms with Gasteiger partial charge in [-0.15, -0.1) is 0 Å². The lowest BCUT2D eigenvalue weighted by Crippen LogP contribution is -2.20. The fourth-order valence-corrected chi connectivity index (χ4v) is 3.13. The maximum absolute atomic E-state index is 11.8. The fraction of sp³-hybridized carbons (Fsp3) is 0.348. The predicted molar refractivity (Wildman–Crippen MR) is 126 cm³/mol. The van der Waals surface area contributed by atoms with E-state index in [-0.39, 0.29) is 22.6 Å². The van der Waals surface area contributed by atoms with Gasteiger partial charge in [-0.1, -0.05) is 36.9 Å². The van der Waals surface area contributed by atoms with Gasteiger partial charge in [0.15, 0.2) is 9.84 Å². The van der Waals surface area contributed by atoms with Gasteiger partial charge in [-0.3, -0.25) is 4.79 Å². The Morgan fingerprint density at radius 2 is 1.52 bits per heavy atom. The lowest BCUT2D eigenvalue weighted by molar-refractivity contribution is -0.133. The zero-order valence-electron chi connectivity index (χ0n) is 19.2. The molecule has 1 aromatic carbocycles. The number of benzene rings is 1. The molecular weight excluding hydrogens is 450 g/mol.